The average Bonchev–Trinajstić information content (AvgIpc) is 2.20. The van der Waals surface area contributed by atoms with Gasteiger partial charge in [-0.1, -0.05) is 12.8 Å². The predicted octanol–water partition coefficient (Wildman–Crippen LogP) is 1.59. The van der Waals surface area contributed by atoms with Crippen LogP contribution in [-0.4, -0.2) is 35.3 Å². The molecule has 1 rings (SSSR count). The maximum atomic E-state index is 10.8. The standard InChI is InChI=1S/C10H18O3S/c1-13-10(12)6-7-14-9-5-3-2-4-8(9)11/h8-9,11H,2-7H2,1H3/t8-,9-/m1/s1. The predicted molar refractivity (Wildman–Crippen MR) is 57.4 cm³/mol. The Balaban J connectivity index is 2.13. The molecule has 0 aromatic carbocycles. The van der Waals surface area contributed by atoms with E-state index in [0.29, 0.717) is 11.7 Å². The molecule has 0 radical (unpaired) electrons. The molecule has 1 aliphatic rings. The first-order valence-corrected chi connectivity index (χ1v) is 6.15. The largest absolute Gasteiger partial charge is 0.469 e. The summed E-state index contributed by atoms with van der Waals surface area (Å²) < 4.78 is 4.55. The molecule has 0 heterocycles. The Labute approximate surface area is 89.2 Å². The number of carbonyl (C=O) groups is 1. The molecule has 1 aliphatic carbocycles. The maximum absolute atomic E-state index is 10.8. The van der Waals surface area contributed by atoms with Crippen molar-refractivity contribution in [2.24, 2.45) is 0 Å². The molecular formula is C10H18O3S. The fourth-order valence-electron chi connectivity index (χ4n) is 1.67. The second kappa shape index (κ2) is 6.30. The number of ether oxygens (including phenoxy) is 1. The first-order chi connectivity index (χ1) is 6.74. The Morgan fingerprint density at radius 2 is 2.21 bits per heavy atom. The van der Waals surface area contributed by atoms with Crippen LogP contribution in [0.15, 0.2) is 0 Å². The minimum absolute atomic E-state index is 0.164. The number of aliphatic hydroxyl groups is 1. The summed E-state index contributed by atoms with van der Waals surface area (Å²) in [6.45, 7) is 0. The van der Waals surface area contributed by atoms with Crippen LogP contribution in [0.2, 0.25) is 0 Å². The van der Waals surface area contributed by atoms with Gasteiger partial charge in [0.15, 0.2) is 0 Å². The van der Waals surface area contributed by atoms with Crippen LogP contribution in [-0.2, 0) is 9.53 Å². The van der Waals surface area contributed by atoms with Crippen LogP contribution in [0.5, 0.6) is 0 Å². The van der Waals surface area contributed by atoms with Crippen molar-refractivity contribution in [1.29, 1.82) is 0 Å². The molecule has 1 N–H and O–H groups in total. The lowest BCUT2D eigenvalue weighted by Gasteiger charge is -2.26. The lowest BCUT2D eigenvalue weighted by molar-refractivity contribution is -0.140. The molecule has 0 unspecified atom stereocenters. The molecule has 3 nitrogen and oxygen atoms in total. The summed E-state index contributed by atoms with van der Waals surface area (Å²) in [6, 6.07) is 0. The van der Waals surface area contributed by atoms with Gasteiger partial charge < -0.3 is 9.84 Å². The van der Waals surface area contributed by atoms with Crippen molar-refractivity contribution >= 4 is 17.7 Å². The molecule has 14 heavy (non-hydrogen) atoms. The highest BCUT2D eigenvalue weighted by molar-refractivity contribution is 7.99. The van der Waals surface area contributed by atoms with Crippen LogP contribution in [0.25, 0.3) is 0 Å². The van der Waals surface area contributed by atoms with Gasteiger partial charge in [-0.15, -0.1) is 0 Å². The van der Waals surface area contributed by atoms with E-state index in [-0.39, 0.29) is 12.1 Å². The number of carbonyl (C=O) groups excluding carboxylic acids is 1. The molecule has 0 bridgehead atoms. The molecule has 82 valence electrons. The number of hydrogen-bond acceptors (Lipinski definition) is 4. The van der Waals surface area contributed by atoms with E-state index in [1.54, 1.807) is 11.8 Å². The Morgan fingerprint density at radius 3 is 2.86 bits per heavy atom. The molecule has 0 aromatic rings. The van der Waals surface area contributed by atoms with Gasteiger partial charge in [0.25, 0.3) is 0 Å². The molecule has 0 aromatic heterocycles. The van der Waals surface area contributed by atoms with Crippen LogP contribution >= 0.6 is 11.8 Å². The number of rotatable bonds is 4. The number of aliphatic hydroxyl groups excluding tert-OH is 1. The van der Waals surface area contributed by atoms with Gasteiger partial charge in [0.2, 0.25) is 0 Å². The molecule has 2 atom stereocenters. The van der Waals surface area contributed by atoms with Gasteiger partial charge in [-0.3, -0.25) is 4.79 Å². The molecule has 1 saturated carbocycles. The quantitative estimate of drug-likeness (QED) is 0.728. The Hall–Kier alpha value is -0.220. The van der Waals surface area contributed by atoms with E-state index >= 15 is 0 Å². The minimum atomic E-state index is -0.175. The fraction of sp³-hybridized carbons (Fsp3) is 0.900. The SMILES string of the molecule is COC(=O)CCS[C@@H]1CCCC[C@H]1O. The first-order valence-electron chi connectivity index (χ1n) is 5.10. The van der Waals surface area contributed by atoms with E-state index < -0.39 is 0 Å². The van der Waals surface area contributed by atoms with Crippen molar-refractivity contribution < 1.29 is 14.6 Å². The second-order valence-corrected chi connectivity index (χ2v) is 4.93. The summed E-state index contributed by atoms with van der Waals surface area (Å²) in [4.78, 5) is 10.8. The molecule has 0 spiro atoms. The van der Waals surface area contributed by atoms with E-state index in [2.05, 4.69) is 4.74 Å². The van der Waals surface area contributed by atoms with Crippen molar-refractivity contribution in [2.45, 2.75) is 43.5 Å². The van der Waals surface area contributed by atoms with Gasteiger partial charge >= 0.3 is 5.97 Å². The topological polar surface area (TPSA) is 46.5 Å². The van der Waals surface area contributed by atoms with Gasteiger partial charge in [-0.2, -0.15) is 11.8 Å². The van der Waals surface area contributed by atoms with Gasteiger partial charge in [-0.05, 0) is 12.8 Å². The normalized spacial score (nSPS) is 27.3. The third kappa shape index (κ3) is 3.88. The summed E-state index contributed by atoms with van der Waals surface area (Å²) in [7, 11) is 1.41. The van der Waals surface area contributed by atoms with Crippen molar-refractivity contribution in [3.8, 4) is 0 Å². The molecule has 4 heteroatoms. The summed E-state index contributed by atoms with van der Waals surface area (Å²) in [5.74, 6) is 0.594. The summed E-state index contributed by atoms with van der Waals surface area (Å²) in [5, 5.41) is 9.98. The summed E-state index contributed by atoms with van der Waals surface area (Å²) >= 11 is 1.70. The molecule has 0 aliphatic heterocycles. The second-order valence-electron chi connectivity index (χ2n) is 3.59. The minimum Gasteiger partial charge on any atom is -0.469 e. The number of esters is 1. The highest BCUT2D eigenvalue weighted by Gasteiger charge is 2.23. The molecule has 0 amide bonds. The zero-order chi connectivity index (χ0) is 10.4. The van der Waals surface area contributed by atoms with E-state index in [9.17, 15) is 9.90 Å². The van der Waals surface area contributed by atoms with Crippen molar-refractivity contribution in [3.63, 3.8) is 0 Å². The van der Waals surface area contributed by atoms with Crippen LogP contribution in [0.1, 0.15) is 32.1 Å². The third-order valence-electron chi connectivity index (χ3n) is 2.53. The number of methoxy groups -OCH3 is 1. The highest BCUT2D eigenvalue weighted by atomic mass is 32.2. The lowest BCUT2D eigenvalue weighted by atomic mass is 9.97. The smallest absolute Gasteiger partial charge is 0.306 e. The van der Waals surface area contributed by atoms with Gasteiger partial charge in [0.05, 0.1) is 19.6 Å². The summed E-state index contributed by atoms with van der Waals surface area (Å²) in [5.41, 5.74) is 0. The Bertz CT molecular complexity index is 184. The molecule has 0 saturated heterocycles. The molecule has 1 fully saturated rings. The Kier molecular flexibility index (Phi) is 5.33. The van der Waals surface area contributed by atoms with Crippen LogP contribution in [0.4, 0.5) is 0 Å². The van der Waals surface area contributed by atoms with Gasteiger partial charge in [-0.25, -0.2) is 0 Å². The zero-order valence-corrected chi connectivity index (χ0v) is 9.39. The van der Waals surface area contributed by atoms with E-state index in [1.807, 2.05) is 0 Å². The van der Waals surface area contributed by atoms with Gasteiger partial charge in [0, 0.05) is 11.0 Å². The van der Waals surface area contributed by atoms with Crippen LogP contribution in [0.3, 0.4) is 0 Å². The highest BCUT2D eigenvalue weighted by Crippen LogP contribution is 2.28. The maximum Gasteiger partial charge on any atom is 0.306 e. The fourth-order valence-corrected chi connectivity index (χ4v) is 2.95. The monoisotopic (exact) mass is 218 g/mol. The van der Waals surface area contributed by atoms with Crippen LogP contribution < -0.4 is 0 Å². The average molecular weight is 218 g/mol. The first kappa shape index (κ1) is 11.9. The zero-order valence-electron chi connectivity index (χ0n) is 8.57. The third-order valence-corrected chi connectivity index (χ3v) is 3.95. The van der Waals surface area contributed by atoms with Crippen molar-refractivity contribution in [2.75, 3.05) is 12.9 Å². The van der Waals surface area contributed by atoms with Crippen molar-refractivity contribution in [1.82, 2.24) is 0 Å². The molecular weight excluding hydrogens is 200 g/mol. The van der Waals surface area contributed by atoms with Gasteiger partial charge in [0.1, 0.15) is 0 Å². The lowest BCUT2D eigenvalue weighted by Crippen LogP contribution is -2.27. The van der Waals surface area contributed by atoms with E-state index in [4.69, 9.17) is 0 Å². The van der Waals surface area contributed by atoms with E-state index in [1.165, 1.54) is 13.5 Å². The number of thioether (sulfide) groups is 1. The van der Waals surface area contributed by atoms with Crippen LogP contribution in [0, 0.1) is 0 Å². The Morgan fingerprint density at radius 1 is 1.50 bits per heavy atom. The summed E-state index contributed by atoms with van der Waals surface area (Å²) in [6.07, 6.45) is 4.60. The van der Waals surface area contributed by atoms with Crippen molar-refractivity contribution in [3.05, 3.63) is 0 Å². The number of hydrogen-bond donors (Lipinski definition) is 1. The van der Waals surface area contributed by atoms with E-state index in [0.717, 1.165) is 25.0 Å².